The summed E-state index contributed by atoms with van der Waals surface area (Å²) in [4.78, 5) is 41.9. The molecule has 41 heavy (non-hydrogen) atoms. The van der Waals surface area contributed by atoms with Crippen molar-refractivity contribution in [1.29, 1.82) is 0 Å². The van der Waals surface area contributed by atoms with E-state index in [-0.39, 0.29) is 58.4 Å². The topological polar surface area (TPSA) is 189 Å². The molecule has 1 aromatic carbocycles. The molecule has 0 spiro atoms. The first-order valence-electron chi connectivity index (χ1n) is 12.2. The summed E-state index contributed by atoms with van der Waals surface area (Å²) in [5.74, 6) is -1.65. The number of esters is 2. The highest BCUT2D eigenvalue weighted by Crippen LogP contribution is 2.43. The van der Waals surface area contributed by atoms with Gasteiger partial charge < -0.3 is 35.6 Å². The van der Waals surface area contributed by atoms with Crippen LogP contribution in [0.1, 0.15) is 25.3 Å². The minimum atomic E-state index is -0.917. The average Bonchev–Trinajstić information content (AvgIpc) is 3.27. The molecule has 2 heterocycles. The van der Waals surface area contributed by atoms with Crippen LogP contribution in [-0.4, -0.2) is 78.7 Å². The fourth-order valence-corrected chi connectivity index (χ4v) is 4.45. The monoisotopic (exact) mass is 613 g/mol. The molecule has 14 nitrogen and oxygen atoms in total. The summed E-state index contributed by atoms with van der Waals surface area (Å²) in [7, 11) is 4.39. The zero-order valence-electron chi connectivity index (χ0n) is 23.2. The normalized spacial score (nSPS) is 14.6. The molecule has 1 aromatic heterocycles. The minimum absolute atomic E-state index is 0. The largest absolute Gasteiger partial charge is 0.466 e. The first kappa shape index (κ1) is 33.4. The molecule has 0 bridgehead atoms. The highest BCUT2D eigenvalue weighted by atomic mass is 35.5. The first-order chi connectivity index (χ1) is 19.1. The number of dihydropyridines is 1. The molecule has 0 fully saturated rings. The van der Waals surface area contributed by atoms with Crippen LogP contribution in [0.3, 0.4) is 0 Å². The Hall–Kier alpha value is -3.85. The van der Waals surface area contributed by atoms with E-state index in [4.69, 9.17) is 37.4 Å². The van der Waals surface area contributed by atoms with Crippen molar-refractivity contribution >= 4 is 53.1 Å². The second-order valence-electron chi connectivity index (χ2n) is 8.41. The number of ether oxygens (including phenoxy) is 3. The maximum atomic E-state index is 13.3. The van der Waals surface area contributed by atoms with Crippen molar-refractivity contribution < 1.29 is 34.1 Å². The molecule has 0 radical (unpaired) electrons. The molecule has 224 valence electrons. The summed E-state index contributed by atoms with van der Waals surface area (Å²) in [5.41, 5.74) is 1.66. The zero-order chi connectivity index (χ0) is 29.4. The number of amides is 2. The Morgan fingerprint density at radius 1 is 1.17 bits per heavy atom. The van der Waals surface area contributed by atoms with Gasteiger partial charge in [0.1, 0.15) is 0 Å². The predicted octanol–water partition coefficient (Wildman–Crippen LogP) is 2.13. The smallest absolute Gasteiger partial charge is 0.336 e. The third-order valence-electron chi connectivity index (χ3n) is 5.83. The fraction of sp³-hybridized carbons (Fsp3) is 0.400. The number of rotatable bonds is 11. The van der Waals surface area contributed by atoms with Crippen molar-refractivity contribution in [3.8, 4) is 0 Å². The highest BCUT2D eigenvalue weighted by Gasteiger charge is 2.40. The molecule has 1 unspecified atom stereocenters. The molecule has 1 atom stereocenters. The van der Waals surface area contributed by atoms with E-state index >= 15 is 0 Å². The third kappa shape index (κ3) is 7.88. The molecule has 6 N–H and O–H groups in total. The summed E-state index contributed by atoms with van der Waals surface area (Å²) >= 11 is 12.8. The Balaban J connectivity index is 0.00000588. The van der Waals surface area contributed by atoms with Gasteiger partial charge in [-0.05, 0) is 25.5 Å². The molecule has 2 amide bonds. The number of urea groups is 1. The van der Waals surface area contributed by atoms with E-state index in [1.54, 1.807) is 39.1 Å². The molecular weight excluding hydrogens is 581 g/mol. The molecule has 3 rings (SSSR count). The number of carbonyl (C=O) groups is 3. The van der Waals surface area contributed by atoms with Gasteiger partial charge in [-0.15, -0.1) is 5.10 Å². The molecule has 0 saturated carbocycles. The number of allylic oxidation sites excluding steroid dienone is 1. The second-order valence-corrected chi connectivity index (χ2v) is 9.20. The highest BCUT2D eigenvalue weighted by molar-refractivity contribution is 6.42. The van der Waals surface area contributed by atoms with E-state index in [2.05, 4.69) is 31.3 Å². The summed E-state index contributed by atoms with van der Waals surface area (Å²) in [5, 5.41) is 15.8. The van der Waals surface area contributed by atoms with Crippen LogP contribution in [0.5, 0.6) is 0 Å². The second kappa shape index (κ2) is 15.2. The van der Waals surface area contributed by atoms with Crippen LogP contribution in [0.15, 0.2) is 40.7 Å². The minimum Gasteiger partial charge on any atom is -0.466 e. The predicted molar refractivity (Wildman–Crippen MR) is 153 cm³/mol. The van der Waals surface area contributed by atoms with E-state index in [9.17, 15) is 14.4 Å². The van der Waals surface area contributed by atoms with Gasteiger partial charge in [0, 0.05) is 26.3 Å². The summed E-state index contributed by atoms with van der Waals surface area (Å²) in [6.07, 6.45) is 0. The van der Waals surface area contributed by atoms with E-state index in [1.807, 2.05) is 0 Å². The lowest BCUT2D eigenvalue weighted by atomic mass is 9.80. The van der Waals surface area contributed by atoms with Crippen LogP contribution >= 0.6 is 23.2 Å². The number of benzene rings is 1. The van der Waals surface area contributed by atoms with Crippen molar-refractivity contribution in [2.75, 3.05) is 51.2 Å². The van der Waals surface area contributed by atoms with Crippen LogP contribution < -0.4 is 21.3 Å². The Kier molecular flexibility index (Phi) is 12.4. The van der Waals surface area contributed by atoms with Gasteiger partial charge in [0.05, 0.1) is 59.7 Å². The van der Waals surface area contributed by atoms with E-state index < -0.39 is 23.9 Å². The molecule has 1 aliphatic rings. The van der Waals surface area contributed by atoms with Crippen LogP contribution in [0.25, 0.3) is 0 Å². The molecule has 1 aliphatic heterocycles. The number of anilines is 2. The van der Waals surface area contributed by atoms with Crippen molar-refractivity contribution in [2.45, 2.75) is 19.8 Å². The van der Waals surface area contributed by atoms with Crippen molar-refractivity contribution in [2.24, 2.45) is 7.05 Å². The van der Waals surface area contributed by atoms with E-state index in [0.29, 0.717) is 23.5 Å². The number of carbonyl (C=O) groups excluding carboxylic acids is 3. The number of hydrogen-bond donors (Lipinski definition) is 4. The molecule has 2 aromatic rings. The Morgan fingerprint density at radius 3 is 2.56 bits per heavy atom. The molecule has 16 heteroatoms. The van der Waals surface area contributed by atoms with Crippen LogP contribution in [-0.2, 0) is 30.8 Å². The number of nitrogens with one attached hydrogen (secondary N) is 4. The lowest BCUT2D eigenvalue weighted by molar-refractivity contribution is -0.139. The lowest BCUT2D eigenvalue weighted by Gasteiger charge is -2.31. The first-order valence-corrected chi connectivity index (χ1v) is 13.0. The fourth-order valence-electron chi connectivity index (χ4n) is 4.04. The van der Waals surface area contributed by atoms with Crippen LogP contribution in [0.4, 0.5) is 16.7 Å². The number of halogens is 2. The number of aromatic nitrogens is 3. The summed E-state index contributed by atoms with van der Waals surface area (Å²) in [6.45, 7) is 3.99. The van der Waals surface area contributed by atoms with Crippen LogP contribution in [0, 0.1) is 0 Å². The number of methoxy groups -OCH3 is 1. The average molecular weight is 614 g/mol. The molecule has 0 aliphatic carbocycles. The van der Waals surface area contributed by atoms with Gasteiger partial charge >= 0.3 is 18.0 Å². The van der Waals surface area contributed by atoms with Gasteiger partial charge in [-0.25, -0.2) is 19.1 Å². The number of nitrogens with zero attached hydrogens (tertiary/aromatic N) is 3. The van der Waals surface area contributed by atoms with Gasteiger partial charge in [-0.3, -0.25) is 5.32 Å². The van der Waals surface area contributed by atoms with Gasteiger partial charge in [-0.1, -0.05) is 35.3 Å². The van der Waals surface area contributed by atoms with Crippen molar-refractivity contribution in [3.63, 3.8) is 0 Å². The van der Waals surface area contributed by atoms with Crippen molar-refractivity contribution in [3.05, 3.63) is 56.3 Å². The standard InChI is InChI=1S/C25H31Cl2N7O6.H2O/c1-6-40-22(36)19-16(12-39-11-10-29-23-31-24(34(4)33-23)32-25(37)28-3)30-13(2)17(21(35)38-5)18(19)14-8-7-9-15(26)20(14)27;/h7-9,18,30H,6,10-12H2,1-5H3,(H3,28,29,31,32,33,37);1H2. The van der Waals surface area contributed by atoms with Crippen molar-refractivity contribution in [1.82, 2.24) is 25.4 Å². The Morgan fingerprint density at radius 2 is 1.90 bits per heavy atom. The quantitative estimate of drug-likeness (QED) is 0.216. The molecular formula is C25H33Cl2N7O7. The van der Waals surface area contributed by atoms with Gasteiger partial charge in [-0.2, -0.15) is 4.98 Å². The lowest BCUT2D eigenvalue weighted by Crippen LogP contribution is -2.35. The Labute approximate surface area is 246 Å². The maximum absolute atomic E-state index is 13.3. The summed E-state index contributed by atoms with van der Waals surface area (Å²) < 4.78 is 17.6. The third-order valence-corrected chi connectivity index (χ3v) is 6.66. The summed E-state index contributed by atoms with van der Waals surface area (Å²) in [6, 6.07) is 4.56. The SMILES string of the molecule is CCOC(=O)C1=C(COCCNc2nc(NC(=O)NC)n(C)n2)NC(C)=C(C(=O)OC)C1c1cccc(Cl)c1Cl.O. The van der Waals surface area contributed by atoms with E-state index in [0.717, 1.165) is 0 Å². The van der Waals surface area contributed by atoms with Gasteiger partial charge in [0.2, 0.25) is 11.9 Å². The Bertz CT molecular complexity index is 1340. The maximum Gasteiger partial charge on any atom is 0.336 e. The number of hydrogen-bond acceptors (Lipinski definition) is 10. The zero-order valence-corrected chi connectivity index (χ0v) is 24.7. The van der Waals surface area contributed by atoms with E-state index in [1.165, 1.54) is 18.8 Å². The van der Waals surface area contributed by atoms with Gasteiger partial charge in [0.25, 0.3) is 0 Å². The van der Waals surface area contributed by atoms with Crippen LogP contribution in [0.2, 0.25) is 10.0 Å². The number of aryl methyl sites for hydroxylation is 1. The molecule has 0 saturated heterocycles. The van der Waals surface area contributed by atoms with Gasteiger partial charge in [0.15, 0.2) is 0 Å².